The van der Waals surface area contributed by atoms with Crippen molar-refractivity contribution in [2.75, 3.05) is 6.54 Å². The molecule has 94 valence electrons. The van der Waals surface area contributed by atoms with E-state index in [9.17, 15) is 8.78 Å². The van der Waals surface area contributed by atoms with E-state index in [0.29, 0.717) is 12.8 Å². The van der Waals surface area contributed by atoms with E-state index in [0.717, 1.165) is 12.8 Å². The normalized spacial score (nSPS) is 19.5. The smallest absolute Gasteiger partial charge is 0.279 e. The molecule has 2 nitrogen and oxygen atoms in total. The number of hydrogen-bond donors (Lipinski definition) is 2. The first kappa shape index (κ1) is 12.3. The summed E-state index contributed by atoms with van der Waals surface area (Å²) in [6, 6.07) is 5.15. The highest BCUT2D eigenvalue weighted by Crippen LogP contribution is 2.54. The van der Waals surface area contributed by atoms with E-state index >= 15 is 0 Å². The Hall–Kier alpha value is -1.16. The molecule has 0 heterocycles. The summed E-state index contributed by atoms with van der Waals surface area (Å²) in [6.07, 6.45) is 2.56. The van der Waals surface area contributed by atoms with Gasteiger partial charge in [0.2, 0.25) is 0 Å². The molecule has 1 fully saturated rings. The first-order chi connectivity index (χ1) is 8.02. The maximum absolute atomic E-state index is 14.5. The zero-order valence-electron chi connectivity index (χ0n) is 9.63. The van der Waals surface area contributed by atoms with Crippen LogP contribution in [-0.4, -0.2) is 11.7 Å². The summed E-state index contributed by atoms with van der Waals surface area (Å²) in [5.41, 5.74) is 4.43. The van der Waals surface area contributed by atoms with E-state index in [4.69, 9.17) is 10.8 Å². The predicted octanol–water partition coefficient (Wildman–Crippen LogP) is 3.00. The molecule has 0 unspecified atom stereocenters. The standard InChI is InChI=1S/C13H17F2NO/c14-13(15,10-3-5-11(17)6-4-10)12(9-16)7-1-2-8-12/h3-6,17H,1-2,7-9,16H2. The van der Waals surface area contributed by atoms with Gasteiger partial charge in [-0.1, -0.05) is 12.8 Å². The van der Waals surface area contributed by atoms with Crippen LogP contribution in [0.1, 0.15) is 31.2 Å². The fraction of sp³-hybridized carbons (Fsp3) is 0.538. The minimum absolute atomic E-state index is 0.000869. The topological polar surface area (TPSA) is 46.2 Å². The van der Waals surface area contributed by atoms with Gasteiger partial charge < -0.3 is 10.8 Å². The molecular weight excluding hydrogens is 224 g/mol. The van der Waals surface area contributed by atoms with Crippen molar-refractivity contribution in [1.82, 2.24) is 0 Å². The van der Waals surface area contributed by atoms with E-state index in [1.165, 1.54) is 24.3 Å². The van der Waals surface area contributed by atoms with Crippen LogP contribution in [0, 0.1) is 5.41 Å². The van der Waals surface area contributed by atoms with Crippen LogP contribution < -0.4 is 5.73 Å². The summed E-state index contributed by atoms with van der Waals surface area (Å²) in [4.78, 5) is 0. The highest BCUT2D eigenvalue weighted by molar-refractivity contribution is 5.30. The highest BCUT2D eigenvalue weighted by atomic mass is 19.3. The van der Waals surface area contributed by atoms with Gasteiger partial charge in [-0.2, -0.15) is 0 Å². The lowest BCUT2D eigenvalue weighted by Gasteiger charge is -2.36. The van der Waals surface area contributed by atoms with E-state index < -0.39 is 11.3 Å². The largest absolute Gasteiger partial charge is 0.508 e. The van der Waals surface area contributed by atoms with E-state index in [-0.39, 0.29) is 17.9 Å². The number of alkyl halides is 2. The average molecular weight is 241 g/mol. The van der Waals surface area contributed by atoms with Gasteiger partial charge in [-0.15, -0.1) is 0 Å². The molecule has 0 bridgehead atoms. The Balaban J connectivity index is 2.37. The molecule has 2 rings (SSSR count). The molecule has 1 aliphatic carbocycles. The Bertz CT molecular complexity index is 383. The molecule has 1 aromatic rings. The second-order valence-corrected chi connectivity index (χ2v) is 4.81. The number of phenolic OH excluding ortho intramolecular Hbond substituents is 1. The zero-order valence-corrected chi connectivity index (χ0v) is 9.63. The molecular formula is C13H17F2NO. The third-order valence-electron chi connectivity index (χ3n) is 3.85. The summed E-state index contributed by atoms with van der Waals surface area (Å²) in [7, 11) is 0. The highest BCUT2D eigenvalue weighted by Gasteiger charge is 2.54. The van der Waals surface area contributed by atoms with Crippen molar-refractivity contribution in [1.29, 1.82) is 0 Å². The van der Waals surface area contributed by atoms with Crippen LogP contribution in [-0.2, 0) is 5.92 Å². The molecule has 0 saturated heterocycles. The maximum atomic E-state index is 14.5. The molecule has 1 saturated carbocycles. The first-order valence-corrected chi connectivity index (χ1v) is 5.89. The maximum Gasteiger partial charge on any atom is 0.279 e. The number of hydrogen-bond acceptors (Lipinski definition) is 2. The molecule has 4 heteroatoms. The number of halogens is 2. The van der Waals surface area contributed by atoms with Crippen LogP contribution in [0.3, 0.4) is 0 Å². The fourth-order valence-electron chi connectivity index (χ4n) is 2.68. The molecule has 0 aromatic heterocycles. The van der Waals surface area contributed by atoms with Gasteiger partial charge in [0.25, 0.3) is 5.92 Å². The second kappa shape index (κ2) is 4.26. The van der Waals surface area contributed by atoms with Crippen molar-refractivity contribution in [2.24, 2.45) is 11.1 Å². The Labute approximate surface area is 99.4 Å². The van der Waals surface area contributed by atoms with Gasteiger partial charge in [-0.3, -0.25) is 0 Å². The summed E-state index contributed by atoms with van der Waals surface area (Å²) >= 11 is 0. The summed E-state index contributed by atoms with van der Waals surface area (Å²) in [5.74, 6) is -2.93. The third-order valence-corrected chi connectivity index (χ3v) is 3.85. The lowest BCUT2D eigenvalue weighted by Crippen LogP contribution is -2.43. The van der Waals surface area contributed by atoms with Crippen molar-refractivity contribution in [3.05, 3.63) is 29.8 Å². The van der Waals surface area contributed by atoms with Crippen LogP contribution >= 0.6 is 0 Å². The van der Waals surface area contributed by atoms with E-state index in [2.05, 4.69) is 0 Å². The molecule has 0 atom stereocenters. The molecule has 3 N–H and O–H groups in total. The van der Waals surface area contributed by atoms with Gasteiger partial charge in [0, 0.05) is 12.1 Å². The van der Waals surface area contributed by atoms with Crippen molar-refractivity contribution < 1.29 is 13.9 Å². The van der Waals surface area contributed by atoms with Gasteiger partial charge in [0.15, 0.2) is 0 Å². The van der Waals surface area contributed by atoms with E-state index in [1.54, 1.807) is 0 Å². The second-order valence-electron chi connectivity index (χ2n) is 4.81. The van der Waals surface area contributed by atoms with Crippen molar-refractivity contribution in [3.8, 4) is 5.75 Å². The average Bonchev–Trinajstić information content (AvgIpc) is 2.79. The minimum Gasteiger partial charge on any atom is -0.508 e. The molecule has 0 spiro atoms. The van der Waals surface area contributed by atoms with Crippen molar-refractivity contribution in [3.63, 3.8) is 0 Å². The molecule has 1 aliphatic rings. The van der Waals surface area contributed by atoms with Crippen LogP contribution in [0.25, 0.3) is 0 Å². The Morgan fingerprint density at radius 1 is 1.18 bits per heavy atom. The van der Waals surface area contributed by atoms with Gasteiger partial charge in [0.05, 0.1) is 5.41 Å². The lowest BCUT2D eigenvalue weighted by atomic mass is 9.76. The van der Waals surface area contributed by atoms with Gasteiger partial charge >= 0.3 is 0 Å². The molecule has 17 heavy (non-hydrogen) atoms. The SMILES string of the molecule is NCC1(C(F)(F)c2ccc(O)cc2)CCCC1. The lowest BCUT2D eigenvalue weighted by molar-refractivity contribution is -0.124. The summed E-state index contributed by atoms with van der Waals surface area (Å²) in [6.45, 7) is 0.000869. The van der Waals surface area contributed by atoms with Crippen molar-refractivity contribution in [2.45, 2.75) is 31.6 Å². The summed E-state index contributed by atoms with van der Waals surface area (Å²) < 4.78 is 29.0. The Morgan fingerprint density at radius 3 is 2.18 bits per heavy atom. The quantitative estimate of drug-likeness (QED) is 0.854. The van der Waals surface area contributed by atoms with Gasteiger partial charge in [-0.05, 0) is 37.1 Å². The number of benzene rings is 1. The van der Waals surface area contributed by atoms with Crippen LogP contribution in [0.2, 0.25) is 0 Å². The molecule has 1 aromatic carbocycles. The Morgan fingerprint density at radius 2 is 1.71 bits per heavy atom. The number of rotatable bonds is 3. The third kappa shape index (κ3) is 1.90. The Kier molecular flexibility index (Phi) is 3.08. The van der Waals surface area contributed by atoms with E-state index in [1.807, 2.05) is 0 Å². The van der Waals surface area contributed by atoms with Gasteiger partial charge in [0.1, 0.15) is 5.75 Å². The molecule has 0 radical (unpaired) electrons. The molecule has 0 amide bonds. The van der Waals surface area contributed by atoms with Crippen LogP contribution in [0.5, 0.6) is 5.75 Å². The number of nitrogens with two attached hydrogens (primary N) is 1. The van der Waals surface area contributed by atoms with Crippen LogP contribution in [0.4, 0.5) is 8.78 Å². The van der Waals surface area contributed by atoms with Gasteiger partial charge in [-0.25, -0.2) is 8.78 Å². The minimum atomic E-state index is -2.92. The zero-order chi connectivity index (χ0) is 12.5. The molecule has 0 aliphatic heterocycles. The first-order valence-electron chi connectivity index (χ1n) is 5.89. The van der Waals surface area contributed by atoms with Crippen LogP contribution in [0.15, 0.2) is 24.3 Å². The number of aromatic hydroxyl groups is 1. The number of phenols is 1. The van der Waals surface area contributed by atoms with Crippen molar-refractivity contribution >= 4 is 0 Å². The fourth-order valence-corrected chi connectivity index (χ4v) is 2.68. The summed E-state index contributed by atoms with van der Waals surface area (Å²) in [5, 5.41) is 9.14. The monoisotopic (exact) mass is 241 g/mol. The predicted molar refractivity (Wildman–Crippen MR) is 62.0 cm³/mol.